The third kappa shape index (κ3) is 2.57. The molecule has 0 spiro atoms. The lowest BCUT2D eigenvalue weighted by atomic mass is 9.97. The highest BCUT2D eigenvalue weighted by atomic mass is 16.2. The first-order valence-corrected chi connectivity index (χ1v) is 7.22. The number of carbonyl (C=O) groups excluding carboxylic acids is 2. The normalized spacial score (nSPS) is 18.0. The van der Waals surface area contributed by atoms with Gasteiger partial charge in [-0.25, -0.2) is 0 Å². The molecule has 2 heterocycles. The number of aromatic nitrogens is 1. The van der Waals surface area contributed by atoms with Crippen molar-refractivity contribution in [2.75, 3.05) is 13.1 Å². The number of rotatable bonds is 2. The van der Waals surface area contributed by atoms with E-state index in [-0.39, 0.29) is 11.8 Å². The minimum atomic E-state index is -0.595. The smallest absolute Gasteiger partial charge is 0.256 e. The van der Waals surface area contributed by atoms with E-state index in [9.17, 15) is 9.59 Å². The Labute approximate surface area is 129 Å². The Bertz CT molecular complexity index is 700. The summed E-state index contributed by atoms with van der Waals surface area (Å²) in [6, 6.07) is 10.5. The Morgan fingerprint density at radius 2 is 2.09 bits per heavy atom. The number of aryl methyl sites for hydroxylation is 1. The molecule has 1 N–H and O–H groups in total. The van der Waals surface area contributed by atoms with Crippen molar-refractivity contribution in [1.29, 1.82) is 0 Å². The Hall–Kier alpha value is -2.69. The van der Waals surface area contributed by atoms with Crippen molar-refractivity contribution in [2.45, 2.75) is 13.0 Å². The summed E-state index contributed by atoms with van der Waals surface area (Å²) in [6.45, 7) is 2.90. The Kier molecular flexibility index (Phi) is 3.87. The van der Waals surface area contributed by atoms with Gasteiger partial charge in [-0.3, -0.25) is 14.6 Å². The highest BCUT2D eigenvalue weighted by Crippen LogP contribution is 2.27. The molecule has 1 aliphatic heterocycles. The van der Waals surface area contributed by atoms with Crippen molar-refractivity contribution in [3.05, 3.63) is 65.5 Å². The maximum absolute atomic E-state index is 12.7. The van der Waals surface area contributed by atoms with Gasteiger partial charge in [-0.1, -0.05) is 24.3 Å². The highest BCUT2D eigenvalue weighted by molar-refractivity contribution is 5.98. The average Bonchev–Trinajstić information content (AvgIpc) is 2.56. The second-order valence-corrected chi connectivity index (χ2v) is 5.29. The number of amides is 2. The summed E-state index contributed by atoms with van der Waals surface area (Å²) < 4.78 is 0. The summed E-state index contributed by atoms with van der Waals surface area (Å²) >= 11 is 0. The van der Waals surface area contributed by atoms with Gasteiger partial charge in [0, 0.05) is 25.5 Å². The van der Waals surface area contributed by atoms with Gasteiger partial charge < -0.3 is 10.2 Å². The third-order valence-corrected chi connectivity index (χ3v) is 3.86. The zero-order valence-corrected chi connectivity index (χ0v) is 12.3. The molecule has 1 fully saturated rings. The van der Waals surface area contributed by atoms with E-state index >= 15 is 0 Å². The number of nitrogens with zero attached hydrogens (tertiary/aromatic N) is 2. The van der Waals surface area contributed by atoms with E-state index < -0.39 is 6.04 Å². The summed E-state index contributed by atoms with van der Waals surface area (Å²) in [5.41, 5.74) is 2.35. The van der Waals surface area contributed by atoms with Crippen LogP contribution in [0.4, 0.5) is 0 Å². The van der Waals surface area contributed by atoms with Crippen LogP contribution in [0.1, 0.15) is 27.5 Å². The first-order chi connectivity index (χ1) is 10.7. The molecule has 1 aromatic carbocycles. The molecule has 0 saturated carbocycles. The number of piperazine rings is 1. The molecular formula is C17H17N3O2. The molecule has 2 aromatic rings. The molecule has 5 heteroatoms. The number of benzene rings is 1. The summed E-state index contributed by atoms with van der Waals surface area (Å²) in [5, 5.41) is 2.85. The predicted octanol–water partition coefficient (Wildman–Crippen LogP) is 1.70. The van der Waals surface area contributed by atoms with Gasteiger partial charge in [0.1, 0.15) is 6.04 Å². The van der Waals surface area contributed by atoms with Gasteiger partial charge in [-0.15, -0.1) is 0 Å². The number of hydrogen-bond donors (Lipinski definition) is 1. The van der Waals surface area contributed by atoms with Crippen LogP contribution in [0.5, 0.6) is 0 Å². The van der Waals surface area contributed by atoms with E-state index in [0.29, 0.717) is 18.7 Å². The SMILES string of the molecule is Cc1ccccc1[C@H]1C(=O)NCCN1C(=O)c1cccnc1. The highest BCUT2D eigenvalue weighted by Gasteiger charge is 2.35. The fourth-order valence-electron chi connectivity index (χ4n) is 2.74. The molecule has 0 aliphatic carbocycles. The molecule has 2 amide bonds. The lowest BCUT2D eigenvalue weighted by Gasteiger charge is -2.36. The lowest BCUT2D eigenvalue weighted by Crippen LogP contribution is -2.52. The van der Waals surface area contributed by atoms with Gasteiger partial charge in [0.2, 0.25) is 5.91 Å². The van der Waals surface area contributed by atoms with Crippen molar-refractivity contribution >= 4 is 11.8 Å². The molecule has 1 atom stereocenters. The van der Waals surface area contributed by atoms with Crippen molar-refractivity contribution in [1.82, 2.24) is 15.2 Å². The Morgan fingerprint density at radius 3 is 2.82 bits per heavy atom. The maximum atomic E-state index is 12.7. The van der Waals surface area contributed by atoms with E-state index in [1.165, 1.54) is 6.20 Å². The average molecular weight is 295 g/mol. The Morgan fingerprint density at radius 1 is 1.27 bits per heavy atom. The topological polar surface area (TPSA) is 62.3 Å². The van der Waals surface area contributed by atoms with Crippen LogP contribution in [0.25, 0.3) is 0 Å². The number of pyridine rings is 1. The second kappa shape index (κ2) is 5.97. The fraction of sp³-hybridized carbons (Fsp3) is 0.235. The quantitative estimate of drug-likeness (QED) is 0.917. The standard InChI is InChI=1S/C17H17N3O2/c1-12-5-2-3-7-14(12)15-16(21)19-9-10-20(15)17(22)13-6-4-8-18-11-13/h2-8,11,15H,9-10H2,1H3,(H,19,21)/t15-/m0/s1. The maximum Gasteiger partial charge on any atom is 0.256 e. The van der Waals surface area contributed by atoms with Gasteiger partial charge in [0.15, 0.2) is 0 Å². The Balaban J connectivity index is 1.99. The molecule has 1 saturated heterocycles. The van der Waals surface area contributed by atoms with Crippen molar-refractivity contribution in [2.24, 2.45) is 0 Å². The van der Waals surface area contributed by atoms with Crippen LogP contribution < -0.4 is 5.32 Å². The largest absolute Gasteiger partial charge is 0.352 e. The van der Waals surface area contributed by atoms with Gasteiger partial charge in [-0.2, -0.15) is 0 Å². The molecule has 22 heavy (non-hydrogen) atoms. The predicted molar refractivity (Wildman–Crippen MR) is 82.2 cm³/mol. The van der Waals surface area contributed by atoms with Crippen LogP contribution >= 0.6 is 0 Å². The minimum absolute atomic E-state index is 0.141. The zero-order chi connectivity index (χ0) is 15.5. The second-order valence-electron chi connectivity index (χ2n) is 5.29. The summed E-state index contributed by atoms with van der Waals surface area (Å²) in [5.74, 6) is -0.311. The van der Waals surface area contributed by atoms with Gasteiger partial charge >= 0.3 is 0 Å². The molecule has 0 bridgehead atoms. The van der Waals surface area contributed by atoms with Crippen LogP contribution in [0.2, 0.25) is 0 Å². The molecule has 5 nitrogen and oxygen atoms in total. The number of hydrogen-bond acceptors (Lipinski definition) is 3. The summed E-state index contributed by atoms with van der Waals surface area (Å²) in [7, 11) is 0. The first-order valence-electron chi connectivity index (χ1n) is 7.22. The molecule has 1 aliphatic rings. The van der Waals surface area contributed by atoms with E-state index in [1.54, 1.807) is 23.2 Å². The minimum Gasteiger partial charge on any atom is -0.352 e. The van der Waals surface area contributed by atoms with Crippen molar-refractivity contribution in [3.63, 3.8) is 0 Å². The monoisotopic (exact) mass is 295 g/mol. The molecule has 0 radical (unpaired) electrons. The van der Waals surface area contributed by atoms with Gasteiger partial charge in [-0.05, 0) is 30.2 Å². The van der Waals surface area contributed by atoms with E-state index in [2.05, 4.69) is 10.3 Å². The molecule has 112 valence electrons. The van der Waals surface area contributed by atoms with Gasteiger partial charge in [0.25, 0.3) is 5.91 Å². The van der Waals surface area contributed by atoms with Gasteiger partial charge in [0.05, 0.1) is 5.56 Å². The zero-order valence-electron chi connectivity index (χ0n) is 12.3. The lowest BCUT2D eigenvalue weighted by molar-refractivity contribution is -0.128. The van der Waals surface area contributed by atoms with Crippen LogP contribution in [0, 0.1) is 6.92 Å². The van der Waals surface area contributed by atoms with E-state index in [4.69, 9.17) is 0 Å². The van der Waals surface area contributed by atoms with Crippen LogP contribution in [-0.2, 0) is 4.79 Å². The molecular weight excluding hydrogens is 278 g/mol. The van der Waals surface area contributed by atoms with Crippen molar-refractivity contribution in [3.8, 4) is 0 Å². The molecule has 1 aromatic heterocycles. The number of nitrogens with one attached hydrogen (secondary N) is 1. The first kappa shape index (κ1) is 14.3. The van der Waals surface area contributed by atoms with E-state index in [0.717, 1.165) is 11.1 Å². The van der Waals surface area contributed by atoms with Crippen LogP contribution in [0.3, 0.4) is 0 Å². The fourth-order valence-corrected chi connectivity index (χ4v) is 2.74. The summed E-state index contributed by atoms with van der Waals surface area (Å²) in [4.78, 5) is 30.7. The van der Waals surface area contributed by atoms with Crippen molar-refractivity contribution < 1.29 is 9.59 Å². The third-order valence-electron chi connectivity index (χ3n) is 3.86. The summed E-state index contributed by atoms with van der Waals surface area (Å²) in [6.07, 6.45) is 3.16. The van der Waals surface area contributed by atoms with Crippen LogP contribution in [0.15, 0.2) is 48.8 Å². The number of carbonyl (C=O) groups is 2. The van der Waals surface area contributed by atoms with Crippen LogP contribution in [-0.4, -0.2) is 34.8 Å². The molecule has 3 rings (SSSR count). The van der Waals surface area contributed by atoms with E-state index in [1.807, 2.05) is 31.2 Å². The molecule has 0 unspecified atom stereocenters.